The number of thiophene rings is 1. The van der Waals surface area contributed by atoms with Gasteiger partial charge in [-0.3, -0.25) is 9.78 Å². The Bertz CT molecular complexity index is 453. The van der Waals surface area contributed by atoms with Crippen LogP contribution in [0, 0.1) is 0 Å². The van der Waals surface area contributed by atoms with Gasteiger partial charge >= 0.3 is 0 Å². The summed E-state index contributed by atoms with van der Waals surface area (Å²) in [6.45, 7) is 1.97. The van der Waals surface area contributed by atoms with Crippen molar-refractivity contribution in [2.45, 2.75) is 13.0 Å². The lowest BCUT2D eigenvalue weighted by Crippen LogP contribution is -2.26. The Morgan fingerprint density at radius 1 is 1.44 bits per heavy atom. The van der Waals surface area contributed by atoms with E-state index in [1.165, 1.54) is 0 Å². The molecule has 1 atom stereocenters. The van der Waals surface area contributed by atoms with Gasteiger partial charge in [-0.05, 0) is 30.5 Å². The number of carbonyl (C=O) groups excluding carboxylic acids is 1. The van der Waals surface area contributed by atoms with Gasteiger partial charge in [0, 0.05) is 17.3 Å². The molecule has 0 aliphatic rings. The van der Waals surface area contributed by atoms with E-state index >= 15 is 0 Å². The summed E-state index contributed by atoms with van der Waals surface area (Å²) in [5.74, 6) is -0.0889. The third kappa shape index (κ3) is 2.46. The average molecular weight is 232 g/mol. The maximum Gasteiger partial charge on any atom is 0.253 e. The van der Waals surface area contributed by atoms with Crippen LogP contribution < -0.4 is 5.32 Å². The molecule has 1 N–H and O–H groups in total. The summed E-state index contributed by atoms with van der Waals surface area (Å²) in [7, 11) is 0. The zero-order valence-electron chi connectivity index (χ0n) is 8.88. The van der Waals surface area contributed by atoms with E-state index in [-0.39, 0.29) is 11.9 Å². The van der Waals surface area contributed by atoms with Gasteiger partial charge in [0.05, 0.1) is 11.6 Å². The summed E-state index contributed by atoms with van der Waals surface area (Å²) in [6.07, 6.45) is 3.22. The van der Waals surface area contributed by atoms with Crippen molar-refractivity contribution in [3.63, 3.8) is 0 Å². The first kappa shape index (κ1) is 10.8. The fraction of sp³-hybridized carbons (Fsp3) is 0.167. The Morgan fingerprint density at radius 3 is 2.94 bits per heavy atom. The molecule has 3 nitrogen and oxygen atoms in total. The van der Waals surface area contributed by atoms with Crippen LogP contribution in [-0.4, -0.2) is 10.9 Å². The van der Waals surface area contributed by atoms with Gasteiger partial charge in [0.25, 0.3) is 5.91 Å². The van der Waals surface area contributed by atoms with Gasteiger partial charge in [-0.2, -0.15) is 0 Å². The van der Waals surface area contributed by atoms with Crippen molar-refractivity contribution in [1.82, 2.24) is 10.3 Å². The molecule has 82 valence electrons. The van der Waals surface area contributed by atoms with E-state index in [1.54, 1.807) is 35.9 Å². The number of pyridine rings is 1. The SMILES string of the molecule is C[C@H](NC(=O)c1cccnc1)c1cccs1. The Hall–Kier alpha value is -1.68. The van der Waals surface area contributed by atoms with Crippen LogP contribution in [0.4, 0.5) is 0 Å². The van der Waals surface area contributed by atoms with Crippen LogP contribution in [0.15, 0.2) is 42.0 Å². The topological polar surface area (TPSA) is 42.0 Å². The minimum Gasteiger partial charge on any atom is -0.345 e. The second kappa shape index (κ2) is 4.90. The van der Waals surface area contributed by atoms with Crippen molar-refractivity contribution in [2.24, 2.45) is 0 Å². The van der Waals surface area contributed by atoms with Crippen molar-refractivity contribution in [3.05, 3.63) is 52.5 Å². The molecule has 0 fully saturated rings. The average Bonchev–Trinajstić information content (AvgIpc) is 2.83. The van der Waals surface area contributed by atoms with Gasteiger partial charge in [0.2, 0.25) is 0 Å². The molecule has 0 aliphatic carbocycles. The fourth-order valence-corrected chi connectivity index (χ4v) is 2.12. The molecule has 0 aliphatic heterocycles. The number of nitrogens with zero attached hydrogens (tertiary/aromatic N) is 1. The van der Waals surface area contributed by atoms with Gasteiger partial charge in [0.1, 0.15) is 0 Å². The minimum atomic E-state index is -0.0889. The fourth-order valence-electron chi connectivity index (χ4n) is 1.39. The summed E-state index contributed by atoms with van der Waals surface area (Å²) in [5, 5.41) is 4.93. The molecular weight excluding hydrogens is 220 g/mol. The molecule has 2 aromatic heterocycles. The predicted octanol–water partition coefficient (Wildman–Crippen LogP) is 2.63. The molecule has 4 heteroatoms. The van der Waals surface area contributed by atoms with Gasteiger partial charge in [-0.25, -0.2) is 0 Å². The van der Waals surface area contributed by atoms with Gasteiger partial charge < -0.3 is 5.32 Å². The highest BCUT2D eigenvalue weighted by Gasteiger charge is 2.11. The zero-order chi connectivity index (χ0) is 11.4. The highest BCUT2D eigenvalue weighted by atomic mass is 32.1. The Morgan fingerprint density at radius 2 is 2.31 bits per heavy atom. The molecule has 0 unspecified atom stereocenters. The van der Waals surface area contributed by atoms with E-state index in [1.807, 2.05) is 24.4 Å². The van der Waals surface area contributed by atoms with Crippen molar-refractivity contribution in [3.8, 4) is 0 Å². The Balaban J connectivity index is 2.03. The van der Waals surface area contributed by atoms with Crippen molar-refractivity contribution >= 4 is 17.2 Å². The van der Waals surface area contributed by atoms with Gasteiger partial charge in [-0.1, -0.05) is 6.07 Å². The second-order valence-electron chi connectivity index (χ2n) is 3.45. The maximum atomic E-state index is 11.8. The number of aromatic nitrogens is 1. The molecule has 0 spiro atoms. The van der Waals surface area contributed by atoms with E-state index in [0.717, 1.165) is 4.88 Å². The lowest BCUT2D eigenvalue weighted by atomic mass is 10.2. The second-order valence-corrected chi connectivity index (χ2v) is 4.43. The smallest absolute Gasteiger partial charge is 0.253 e. The van der Waals surface area contributed by atoms with E-state index in [4.69, 9.17) is 0 Å². The summed E-state index contributed by atoms with van der Waals surface area (Å²) >= 11 is 1.64. The molecule has 16 heavy (non-hydrogen) atoms. The van der Waals surface area contributed by atoms with E-state index in [9.17, 15) is 4.79 Å². The molecule has 2 heterocycles. The van der Waals surface area contributed by atoms with Crippen LogP contribution in [0.3, 0.4) is 0 Å². The van der Waals surface area contributed by atoms with Crippen molar-refractivity contribution < 1.29 is 4.79 Å². The standard InChI is InChI=1S/C12H12N2OS/c1-9(11-5-3-7-16-11)14-12(15)10-4-2-6-13-8-10/h2-9H,1H3,(H,14,15)/t9-/m0/s1. The molecule has 0 saturated heterocycles. The highest BCUT2D eigenvalue weighted by molar-refractivity contribution is 7.10. The monoisotopic (exact) mass is 232 g/mol. The normalized spacial score (nSPS) is 12.1. The number of hydrogen-bond acceptors (Lipinski definition) is 3. The van der Waals surface area contributed by atoms with Crippen LogP contribution in [-0.2, 0) is 0 Å². The van der Waals surface area contributed by atoms with Crippen LogP contribution in [0.25, 0.3) is 0 Å². The number of carbonyl (C=O) groups is 1. The first-order valence-electron chi connectivity index (χ1n) is 5.01. The van der Waals surface area contributed by atoms with Crippen LogP contribution in [0.2, 0.25) is 0 Å². The maximum absolute atomic E-state index is 11.8. The predicted molar refractivity (Wildman–Crippen MR) is 64.4 cm³/mol. The number of hydrogen-bond donors (Lipinski definition) is 1. The first-order valence-corrected chi connectivity index (χ1v) is 5.89. The molecule has 1 amide bonds. The molecular formula is C12H12N2OS. The van der Waals surface area contributed by atoms with Crippen LogP contribution >= 0.6 is 11.3 Å². The van der Waals surface area contributed by atoms with Crippen LogP contribution in [0.1, 0.15) is 28.2 Å². The highest BCUT2D eigenvalue weighted by Crippen LogP contribution is 2.18. The van der Waals surface area contributed by atoms with E-state index in [0.29, 0.717) is 5.56 Å². The van der Waals surface area contributed by atoms with Gasteiger partial charge in [0.15, 0.2) is 0 Å². The molecule has 2 rings (SSSR count). The Kier molecular flexibility index (Phi) is 3.31. The summed E-state index contributed by atoms with van der Waals surface area (Å²) in [4.78, 5) is 16.9. The van der Waals surface area contributed by atoms with E-state index < -0.39 is 0 Å². The molecule has 0 bridgehead atoms. The quantitative estimate of drug-likeness (QED) is 0.884. The Labute approximate surface area is 98.2 Å². The molecule has 0 radical (unpaired) electrons. The molecule has 0 aromatic carbocycles. The third-order valence-electron chi connectivity index (χ3n) is 2.24. The van der Waals surface area contributed by atoms with E-state index in [2.05, 4.69) is 10.3 Å². The van der Waals surface area contributed by atoms with Gasteiger partial charge in [-0.15, -0.1) is 11.3 Å². The number of nitrogens with one attached hydrogen (secondary N) is 1. The summed E-state index contributed by atoms with van der Waals surface area (Å²) < 4.78 is 0. The van der Waals surface area contributed by atoms with Crippen molar-refractivity contribution in [2.75, 3.05) is 0 Å². The van der Waals surface area contributed by atoms with Crippen LogP contribution in [0.5, 0.6) is 0 Å². The third-order valence-corrected chi connectivity index (χ3v) is 3.30. The lowest BCUT2D eigenvalue weighted by molar-refractivity contribution is 0.0940. The number of rotatable bonds is 3. The zero-order valence-corrected chi connectivity index (χ0v) is 9.70. The minimum absolute atomic E-state index is 0.0349. The molecule has 2 aromatic rings. The lowest BCUT2D eigenvalue weighted by Gasteiger charge is -2.11. The number of amides is 1. The first-order chi connectivity index (χ1) is 7.77. The summed E-state index contributed by atoms with van der Waals surface area (Å²) in [6, 6.07) is 7.53. The summed E-state index contributed by atoms with van der Waals surface area (Å²) in [5.41, 5.74) is 0.589. The molecule has 0 saturated carbocycles. The van der Waals surface area contributed by atoms with Crippen molar-refractivity contribution in [1.29, 1.82) is 0 Å². The largest absolute Gasteiger partial charge is 0.345 e.